The summed E-state index contributed by atoms with van der Waals surface area (Å²) in [5.74, 6) is -0.604. The molecule has 160 valence electrons. The van der Waals surface area contributed by atoms with E-state index in [-0.39, 0.29) is 17.3 Å². The van der Waals surface area contributed by atoms with Crippen LogP contribution in [0.4, 0.5) is 0 Å². The second kappa shape index (κ2) is 9.21. The van der Waals surface area contributed by atoms with Crippen LogP contribution in [-0.2, 0) is 9.53 Å². The standard InChI is InChI=1S/C23H14Cl2N2O5/c1-30-20-10-13(4-7-19(20)31-22(28)14-3-2-8-26-12-14)9-18-23(29)32-21(27-18)16-6-5-15(24)11-17(16)25/h2-12H,1H3/b18-9-. The van der Waals surface area contributed by atoms with Crippen molar-refractivity contribution >= 4 is 47.1 Å². The number of ether oxygens (including phenoxy) is 3. The van der Waals surface area contributed by atoms with E-state index in [1.165, 1.54) is 25.4 Å². The van der Waals surface area contributed by atoms with Crippen molar-refractivity contribution in [1.82, 2.24) is 4.98 Å². The number of nitrogens with zero attached hydrogens (tertiary/aromatic N) is 2. The zero-order valence-corrected chi connectivity index (χ0v) is 18.1. The summed E-state index contributed by atoms with van der Waals surface area (Å²) in [6.45, 7) is 0. The first-order valence-corrected chi connectivity index (χ1v) is 9.98. The lowest BCUT2D eigenvalue weighted by atomic mass is 10.1. The van der Waals surface area contributed by atoms with Crippen molar-refractivity contribution in [2.45, 2.75) is 0 Å². The van der Waals surface area contributed by atoms with E-state index < -0.39 is 11.9 Å². The first-order chi connectivity index (χ1) is 15.4. The average Bonchev–Trinajstić information content (AvgIpc) is 3.15. The van der Waals surface area contributed by atoms with Gasteiger partial charge in [0.25, 0.3) is 0 Å². The third kappa shape index (κ3) is 4.64. The molecule has 1 aromatic heterocycles. The Labute approximate surface area is 192 Å². The summed E-state index contributed by atoms with van der Waals surface area (Å²) in [7, 11) is 1.44. The summed E-state index contributed by atoms with van der Waals surface area (Å²) in [6, 6.07) is 12.8. The molecule has 1 aliphatic rings. The van der Waals surface area contributed by atoms with E-state index in [1.54, 1.807) is 48.7 Å². The molecule has 0 saturated heterocycles. The Morgan fingerprint density at radius 1 is 1.09 bits per heavy atom. The minimum Gasteiger partial charge on any atom is -0.493 e. The Balaban J connectivity index is 1.59. The molecule has 0 spiro atoms. The quantitative estimate of drug-likeness (QED) is 0.298. The minimum atomic E-state index is -0.628. The van der Waals surface area contributed by atoms with Gasteiger partial charge in [-0.1, -0.05) is 29.3 Å². The molecule has 0 aliphatic carbocycles. The zero-order valence-electron chi connectivity index (χ0n) is 16.5. The highest BCUT2D eigenvalue weighted by Crippen LogP contribution is 2.31. The normalized spacial score (nSPS) is 14.2. The number of benzene rings is 2. The molecule has 0 N–H and O–H groups in total. The number of esters is 2. The van der Waals surface area contributed by atoms with Crippen molar-refractivity contribution in [3.8, 4) is 11.5 Å². The minimum absolute atomic E-state index is 0.0770. The van der Waals surface area contributed by atoms with Gasteiger partial charge >= 0.3 is 11.9 Å². The van der Waals surface area contributed by atoms with Crippen molar-refractivity contribution < 1.29 is 23.8 Å². The van der Waals surface area contributed by atoms with Gasteiger partial charge in [0.05, 0.1) is 23.3 Å². The van der Waals surface area contributed by atoms with Crippen molar-refractivity contribution in [1.29, 1.82) is 0 Å². The number of hydrogen-bond acceptors (Lipinski definition) is 7. The number of hydrogen-bond donors (Lipinski definition) is 0. The number of aromatic nitrogens is 1. The molecule has 4 rings (SSSR count). The molecule has 1 aliphatic heterocycles. The van der Waals surface area contributed by atoms with E-state index in [0.717, 1.165) is 0 Å². The van der Waals surface area contributed by atoms with Crippen LogP contribution >= 0.6 is 23.2 Å². The number of aliphatic imine (C=N–C) groups is 1. The first-order valence-electron chi connectivity index (χ1n) is 9.23. The Hall–Kier alpha value is -3.68. The second-order valence-corrected chi connectivity index (χ2v) is 7.35. The molecule has 0 fully saturated rings. The molecule has 0 radical (unpaired) electrons. The highest BCUT2D eigenvalue weighted by atomic mass is 35.5. The van der Waals surface area contributed by atoms with Crippen LogP contribution in [0.1, 0.15) is 21.5 Å². The molecule has 32 heavy (non-hydrogen) atoms. The van der Waals surface area contributed by atoms with Crippen LogP contribution in [0.15, 0.2) is 71.6 Å². The smallest absolute Gasteiger partial charge is 0.363 e. The molecular weight excluding hydrogens is 455 g/mol. The van der Waals surface area contributed by atoms with E-state index in [4.69, 9.17) is 37.4 Å². The summed E-state index contributed by atoms with van der Waals surface area (Å²) in [6.07, 6.45) is 4.48. The predicted octanol–water partition coefficient (Wildman–Crippen LogP) is 4.96. The fourth-order valence-corrected chi connectivity index (χ4v) is 3.34. The van der Waals surface area contributed by atoms with Gasteiger partial charge < -0.3 is 14.2 Å². The lowest BCUT2D eigenvalue weighted by Gasteiger charge is -2.10. The fourth-order valence-electron chi connectivity index (χ4n) is 2.85. The second-order valence-electron chi connectivity index (χ2n) is 6.50. The van der Waals surface area contributed by atoms with Gasteiger partial charge in [-0.3, -0.25) is 4.98 Å². The highest BCUT2D eigenvalue weighted by molar-refractivity contribution is 6.37. The lowest BCUT2D eigenvalue weighted by Crippen LogP contribution is -2.09. The summed E-state index contributed by atoms with van der Waals surface area (Å²) in [4.78, 5) is 32.7. The summed E-state index contributed by atoms with van der Waals surface area (Å²) < 4.78 is 16.0. The molecular formula is C23H14Cl2N2O5. The van der Waals surface area contributed by atoms with Gasteiger partial charge in [-0.05, 0) is 54.1 Å². The van der Waals surface area contributed by atoms with Crippen LogP contribution in [0.2, 0.25) is 10.0 Å². The van der Waals surface area contributed by atoms with E-state index in [9.17, 15) is 9.59 Å². The van der Waals surface area contributed by atoms with Gasteiger partial charge in [0.2, 0.25) is 5.90 Å². The number of cyclic esters (lactones) is 1. The molecule has 0 unspecified atom stereocenters. The lowest BCUT2D eigenvalue weighted by molar-refractivity contribution is -0.129. The largest absolute Gasteiger partial charge is 0.493 e. The van der Waals surface area contributed by atoms with Crippen LogP contribution in [0.3, 0.4) is 0 Å². The van der Waals surface area contributed by atoms with E-state index >= 15 is 0 Å². The fraction of sp³-hybridized carbons (Fsp3) is 0.0435. The van der Waals surface area contributed by atoms with E-state index in [0.29, 0.717) is 32.5 Å². The van der Waals surface area contributed by atoms with Crippen LogP contribution < -0.4 is 9.47 Å². The molecule has 2 heterocycles. The van der Waals surface area contributed by atoms with Crippen LogP contribution in [0.25, 0.3) is 6.08 Å². The third-order valence-corrected chi connectivity index (χ3v) is 4.92. The van der Waals surface area contributed by atoms with Crippen molar-refractivity contribution in [2.75, 3.05) is 7.11 Å². The van der Waals surface area contributed by atoms with Gasteiger partial charge in [0.15, 0.2) is 17.2 Å². The van der Waals surface area contributed by atoms with Gasteiger partial charge in [-0.15, -0.1) is 0 Å². The number of pyridine rings is 1. The van der Waals surface area contributed by atoms with E-state index in [2.05, 4.69) is 9.98 Å². The first kappa shape index (κ1) is 21.5. The number of carbonyl (C=O) groups is 2. The maximum atomic E-state index is 12.3. The van der Waals surface area contributed by atoms with Crippen LogP contribution in [-0.4, -0.2) is 29.9 Å². The summed E-state index contributed by atoms with van der Waals surface area (Å²) in [5, 5.41) is 0.766. The predicted molar refractivity (Wildman–Crippen MR) is 119 cm³/mol. The SMILES string of the molecule is COc1cc(/C=C2\N=C(c3ccc(Cl)cc3Cl)OC2=O)ccc1OC(=O)c1cccnc1. The van der Waals surface area contributed by atoms with Crippen molar-refractivity contribution in [2.24, 2.45) is 4.99 Å². The molecule has 2 aromatic carbocycles. The van der Waals surface area contributed by atoms with Gasteiger partial charge in [-0.25, -0.2) is 14.6 Å². The molecule has 0 bridgehead atoms. The Bertz CT molecular complexity index is 1270. The zero-order chi connectivity index (χ0) is 22.7. The molecule has 0 atom stereocenters. The molecule has 0 amide bonds. The number of rotatable bonds is 5. The topological polar surface area (TPSA) is 87.1 Å². The molecule has 0 saturated carbocycles. The third-order valence-electron chi connectivity index (χ3n) is 4.37. The molecule has 7 nitrogen and oxygen atoms in total. The van der Waals surface area contributed by atoms with Gasteiger partial charge in [0.1, 0.15) is 0 Å². The number of methoxy groups -OCH3 is 1. The van der Waals surface area contributed by atoms with Crippen molar-refractivity contribution in [3.05, 3.63) is 93.4 Å². The Morgan fingerprint density at radius 3 is 2.66 bits per heavy atom. The van der Waals surface area contributed by atoms with Gasteiger partial charge in [0, 0.05) is 17.4 Å². The Morgan fingerprint density at radius 2 is 1.94 bits per heavy atom. The maximum Gasteiger partial charge on any atom is 0.363 e. The van der Waals surface area contributed by atoms with E-state index in [1.807, 2.05) is 0 Å². The summed E-state index contributed by atoms with van der Waals surface area (Å²) in [5.41, 5.74) is 1.41. The average molecular weight is 469 g/mol. The monoisotopic (exact) mass is 468 g/mol. The summed E-state index contributed by atoms with van der Waals surface area (Å²) >= 11 is 12.1. The molecule has 9 heteroatoms. The maximum absolute atomic E-state index is 12.3. The Kier molecular flexibility index (Phi) is 6.20. The van der Waals surface area contributed by atoms with Crippen molar-refractivity contribution in [3.63, 3.8) is 0 Å². The highest BCUT2D eigenvalue weighted by Gasteiger charge is 2.26. The van der Waals surface area contributed by atoms with Crippen LogP contribution in [0.5, 0.6) is 11.5 Å². The van der Waals surface area contributed by atoms with Gasteiger partial charge in [-0.2, -0.15) is 0 Å². The number of halogens is 2. The molecule has 3 aromatic rings. The van der Waals surface area contributed by atoms with Crippen LogP contribution in [0, 0.1) is 0 Å². The number of carbonyl (C=O) groups excluding carboxylic acids is 2.